The van der Waals surface area contributed by atoms with E-state index in [1.165, 1.54) is 0 Å². The highest BCUT2D eigenvalue weighted by Crippen LogP contribution is 2.48. The summed E-state index contributed by atoms with van der Waals surface area (Å²) in [5.41, 5.74) is -0.693. The fourth-order valence-electron chi connectivity index (χ4n) is 3.26. The maximum atomic E-state index is 11.8. The molecule has 2 bridgehead atoms. The molecular weight excluding hydrogens is 192 g/mol. The molecule has 80 valence electrons. The summed E-state index contributed by atoms with van der Waals surface area (Å²) in [6, 6.07) is -0.353. The van der Waals surface area contributed by atoms with Crippen LogP contribution >= 0.6 is 0 Å². The van der Waals surface area contributed by atoms with Crippen LogP contribution in [-0.4, -0.2) is 17.5 Å². The Balaban J connectivity index is 1.91. The number of imide groups is 1. The van der Waals surface area contributed by atoms with Gasteiger partial charge in [-0.1, -0.05) is 12.2 Å². The Labute approximate surface area is 88.1 Å². The molecule has 0 aromatic rings. The fraction of sp³-hybridized carbons (Fsp3) is 0.636. The number of nitrogens with one attached hydrogen (secondary N) is 2. The van der Waals surface area contributed by atoms with Crippen LogP contribution in [0.2, 0.25) is 0 Å². The topological polar surface area (TPSA) is 58.2 Å². The first-order chi connectivity index (χ1) is 7.09. The minimum absolute atomic E-state index is 0.168. The van der Waals surface area contributed by atoms with Crippen molar-refractivity contribution in [3.8, 4) is 0 Å². The van der Waals surface area contributed by atoms with Crippen molar-refractivity contribution < 1.29 is 9.59 Å². The zero-order valence-electron chi connectivity index (χ0n) is 8.62. The van der Waals surface area contributed by atoms with Crippen LogP contribution in [0.5, 0.6) is 0 Å². The largest absolute Gasteiger partial charge is 0.323 e. The van der Waals surface area contributed by atoms with E-state index in [4.69, 9.17) is 0 Å². The standard InChI is InChI=1S/C11H14N2O2/c1-11(9(14)12-10(15)13-11)8-5-6-2-3-7(8)4-6/h2-3,6-8H,4-5H2,1H3,(H2,12,13,14,15). The van der Waals surface area contributed by atoms with Crippen LogP contribution in [0.1, 0.15) is 19.8 Å². The summed E-state index contributed by atoms with van der Waals surface area (Å²) in [4.78, 5) is 22.9. The first-order valence-corrected chi connectivity index (χ1v) is 5.41. The molecule has 4 atom stereocenters. The first-order valence-electron chi connectivity index (χ1n) is 5.41. The Bertz CT molecular complexity index is 377. The number of hydrogen-bond acceptors (Lipinski definition) is 2. The number of amides is 3. The van der Waals surface area contributed by atoms with Gasteiger partial charge in [0, 0.05) is 0 Å². The second kappa shape index (κ2) is 2.62. The van der Waals surface area contributed by atoms with Crippen molar-refractivity contribution in [1.29, 1.82) is 0 Å². The monoisotopic (exact) mass is 206 g/mol. The zero-order chi connectivity index (χ0) is 10.6. The van der Waals surface area contributed by atoms with Crippen LogP contribution < -0.4 is 10.6 Å². The van der Waals surface area contributed by atoms with Crippen molar-refractivity contribution in [2.75, 3.05) is 0 Å². The Kier molecular flexibility index (Phi) is 1.56. The van der Waals surface area contributed by atoms with Gasteiger partial charge < -0.3 is 5.32 Å². The zero-order valence-corrected chi connectivity index (χ0v) is 8.62. The van der Waals surface area contributed by atoms with Gasteiger partial charge in [-0.05, 0) is 37.5 Å². The lowest BCUT2D eigenvalue weighted by Crippen LogP contribution is -2.51. The van der Waals surface area contributed by atoms with Crippen molar-refractivity contribution >= 4 is 11.9 Å². The molecule has 0 aromatic heterocycles. The van der Waals surface area contributed by atoms with Gasteiger partial charge in [-0.3, -0.25) is 10.1 Å². The lowest BCUT2D eigenvalue weighted by molar-refractivity contribution is -0.125. The minimum Gasteiger partial charge on any atom is -0.323 e. The normalized spacial score (nSPS) is 47.1. The van der Waals surface area contributed by atoms with Crippen LogP contribution in [0.25, 0.3) is 0 Å². The molecule has 4 nitrogen and oxygen atoms in total. The summed E-state index contributed by atoms with van der Waals surface area (Å²) in [7, 11) is 0. The second-order valence-electron chi connectivity index (χ2n) is 5.00. The SMILES string of the molecule is CC1(C2CC3C=CC2C3)NC(=O)NC1=O. The van der Waals surface area contributed by atoms with Gasteiger partial charge in [-0.25, -0.2) is 4.79 Å². The highest BCUT2D eigenvalue weighted by atomic mass is 16.2. The van der Waals surface area contributed by atoms with Crippen LogP contribution in [0.15, 0.2) is 12.2 Å². The minimum atomic E-state index is -0.693. The smallest absolute Gasteiger partial charge is 0.322 e. The van der Waals surface area contributed by atoms with E-state index in [1.54, 1.807) is 0 Å². The van der Waals surface area contributed by atoms with E-state index in [0.717, 1.165) is 12.8 Å². The van der Waals surface area contributed by atoms with Crippen molar-refractivity contribution in [1.82, 2.24) is 10.6 Å². The Morgan fingerprint density at radius 1 is 1.33 bits per heavy atom. The van der Waals surface area contributed by atoms with E-state index < -0.39 is 5.54 Å². The van der Waals surface area contributed by atoms with Gasteiger partial charge in [-0.15, -0.1) is 0 Å². The van der Waals surface area contributed by atoms with Gasteiger partial charge in [0.15, 0.2) is 0 Å². The van der Waals surface area contributed by atoms with Gasteiger partial charge in [0.05, 0.1) is 0 Å². The molecular formula is C11H14N2O2. The second-order valence-corrected chi connectivity index (χ2v) is 5.00. The summed E-state index contributed by atoms with van der Waals surface area (Å²) in [5, 5.41) is 5.10. The summed E-state index contributed by atoms with van der Waals surface area (Å²) >= 11 is 0. The summed E-state index contributed by atoms with van der Waals surface area (Å²) in [6.07, 6.45) is 6.59. The van der Waals surface area contributed by atoms with Gasteiger partial charge in [-0.2, -0.15) is 0 Å². The molecule has 0 aromatic carbocycles. The van der Waals surface area contributed by atoms with Crippen LogP contribution in [-0.2, 0) is 4.79 Å². The fourth-order valence-corrected chi connectivity index (χ4v) is 3.26. The maximum absolute atomic E-state index is 11.8. The Hall–Kier alpha value is -1.32. The number of carbonyl (C=O) groups is 2. The Morgan fingerprint density at radius 3 is 2.60 bits per heavy atom. The highest BCUT2D eigenvalue weighted by Gasteiger charge is 2.54. The lowest BCUT2D eigenvalue weighted by atomic mass is 9.77. The van der Waals surface area contributed by atoms with Crippen molar-refractivity contribution in [2.45, 2.75) is 25.3 Å². The molecule has 3 rings (SSSR count). The van der Waals surface area contributed by atoms with Gasteiger partial charge in [0.2, 0.25) is 0 Å². The molecule has 0 spiro atoms. The van der Waals surface area contributed by atoms with E-state index in [1.807, 2.05) is 6.92 Å². The van der Waals surface area contributed by atoms with Crippen LogP contribution in [0.4, 0.5) is 4.79 Å². The molecule has 2 aliphatic carbocycles. The number of hydrogen-bond donors (Lipinski definition) is 2. The molecule has 0 radical (unpaired) electrons. The van der Waals surface area contributed by atoms with Crippen molar-refractivity contribution in [2.24, 2.45) is 17.8 Å². The van der Waals surface area contributed by atoms with Crippen LogP contribution in [0.3, 0.4) is 0 Å². The Morgan fingerprint density at radius 2 is 2.13 bits per heavy atom. The van der Waals surface area contributed by atoms with E-state index in [-0.39, 0.29) is 17.9 Å². The molecule has 3 aliphatic rings. The lowest BCUT2D eigenvalue weighted by Gasteiger charge is -2.32. The third-order valence-electron chi connectivity index (χ3n) is 4.09. The van der Waals surface area contributed by atoms with Crippen LogP contribution in [0, 0.1) is 17.8 Å². The molecule has 1 aliphatic heterocycles. The molecule has 4 unspecified atom stereocenters. The average Bonchev–Trinajstić information content (AvgIpc) is 2.82. The quantitative estimate of drug-likeness (QED) is 0.492. The third kappa shape index (κ3) is 1.07. The summed E-state index contributed by atoms with van der Waals surface area (Å²) < 4.78 is 0. The number of carbonyl (C=O) groups excluding carboxylic acids is 2. The van der Waals surface area contributed by atoms with Crippen molar-refractivity contribution in [3.05, 3.63) is 12.2 Å². The van der Waals surface area contributed by atoms with E-state index in [0.29, 0.717) is 11.8 Å². The van der Waals surface area contributed by atoms with E-state index >= 15 is 0 Å². The third-order valence-corrected chi connectivity index (χ3v) is 4.09. The predicted octanol–water partition coefficient (Wildman–Crippen LogP) is 0.797. The maximum Gasteiger partial charge on any atom is 0.322 e. The van der Waals surface area contributed by atoms with Gasteiger partial charge in [0.25, 0.3) is 5.91 Å². The molecule has 15 heavy (non-hydrogen) atoms. The first kappa shape index (κ1) is 8.95. The van der Waals surface area contributed by atoms with Gasteiger partial charge >= 0.3 is 6.03 Å². The predicted molar refractivity (Wildman–Crippen MR) is 53.9 cm³/mol. The molecule has 1 saturated heterocycles. The van der Waals surface area contributed by atoms with Gasteiger partial charge in [0.1, 0.15) is 5.54 Å². The van der Waals surface area contributed by atoms with Crippen molar-refractivity contribution in [3.63, 3.8) is 0 Å². The number of rotatable bonds is 1. The molecule has 4 heteroatoms. The molecule has 3 amide bonds. The number of allylic oxidation sites excluding steroid dienone is 2. The molecule has 1 heterocycles. The number of urea groups is 1. The molecule has 2 fully saturated rings. The summed E-state index contributed by atoms with van der Waals surface area (Å²) in [6.45, 7) is 1.84. The summed E-state index contributed by atoms with van der Waals surface area (Å²) in [5.74, 6) is 1.17. The van der Waals surface area contributed by atoms with E-state index in [9.17, 15) is 9.59 Å². The molecule has 2 N–H and O–H groups in total. The average molecular weight is 206 g/mol. The number of fused-ring (bicyclic) bond motifs is 2. The van der Waals surface area contributed by atoms with E-state index in [2.05, 4.69) is 22.8 Å². The highest BCUT2D eigenvalue weighted by molar-refractivity contribution is 6.07. The molecule has 1 saturated carbocycles.